The van der Waals surface area contributed by atoms with E-state index >= 15 is 0 Å². The van der Waals surface area contributed by atoms with E-state index in [-0.39, 0.29) is 29.6 Å². The van der Waals surface area contributed by atoms with Crippen molar-refractivity contribution in [3.63, 3.8) is 0 Å². The summed E-state index contributed by atoms with van der Waals surface area (Å²) in [6.07, 6.45) is 0.784. The molecule has 0 radical (unpaired) electrons. The predicted molar refractivity (Wildman–Crippen MR) is 120 cm³/mol. The van der Waals surface area contributed by atoms with Gasteiger partial charge < -0.3 is 15.0 Å². The molecule has 1 heterocycles. The molecule has 9 heteroatoms. The Labute approximate surface area is 187 Å². The van der Waals surface area contributed by atoms with Crippen molar-refractivity contribution in [3.05, 3.63) is 53.6 Å². The second kappa shape index (κ2) is 9.95. The van der Waals surface area contributed by atoms with Crippen LogP contribution in [0.4, 0.5) is 11.4 Å². The highest BCUT2D eigenvalue weighted by Gasteiger charge is 2.26. The highest BCUT2D eigenvalue weighted by molar-refractivity contribution is 7.91. The van der Waals surface area contributed by atoms with Gasteiger partial charge in [-0.3, -0.25) is 9.59 Å². The van der Waals surface area contributed by atoms with Crippen molar-refractivity contribution in [1.29, 1.82) is 0 Å². The van der Waals surface area contributed by atoms with Crippen molar-refractivity contribution in [3.8, 4) is 0 Å². The van der Waals surface area contributed by atoms with Crippen molar-refractivity contribution in [2.45, 2.75) is 38.0 Å². The summed E-state index contributed by atoms with van der Waals surface area (Å²) < 4.78 is 30.4. The number of amides is 2. The first-order chi connectivity index (χ1) is 15.2. The molecule has 2 aromatic rings. The molecule has 170 valence electrons. The summed E-state index contributed by atoms with van der Waals surface area (Å²) in [5.74, 6) is -1.23. The monoisotopic (exact) mass is 458 g/mol. The third-order valence-electron chi connectivity index (χ3n) is 5.19. The van der Waals surface area contributed by atoms with Crippen LogP contribution in [0.5, 0.6) is 0 Å². The Morgan fingerprint density at radius 1 is 1.06 bits per heavy atom. The maximum atomic E-state index is 12.7. The number of nitrogens with one attached hydrogen (secondary N) is 1. The average Bonchev–Trinajstić information content (AvgIpc) is 3.21. The lowest BCUT2D eigenvalue weighted by Crippen LogP contribution is -2.27. The Morgan fingerprint density at radius 2 is 1.78 bits per heavy atom. The minimum absolute atomic E-state index is 0.00585. The fraction of sp³-hybridized carbons (Fsp3) is 0.348. The minimum Gasteiger partial charge on any atom is -0.462 e. The van der Waals surface area contributed by atoms with Crippen LogP contribution in [0.1, 0.15) is 42.6 Å². The van der Waals surface area contributed by atoms with Gasteiger partial charge in [-0.05, 0) is 61.4 Å². The number of ether oxygens (including phenoxy) is 1. The molecule has 1 N–H and O–H groups in total. The zero-order valence-corrected chi connectivity index (χ0v) is 18.9. The van der Waals surface area contributed by atoms with Crippen molar-refractivity contribution < 1.29 is 27.5 Å². The van der Waals surface area contributed by atoms with Gasteiger partial charge in [0, 0.05) is 30.8 Å². The molecule has 2 amide bonds. The van der Waals surface area contributed by atoms with E-state index in [0.29, 0.717) is 30.6 Å². The van der Waals surface area contributed by atoms with Crippen LogP contribution in [-0.4, -0.2) is 45.1 Å². The third-order valence-corrected chi connectivity index (χ3v) is 6.90. The molecule has 1 aliphatic heterocycles. The largest absolute Gasteiger partial charge is 0.462 e. The van der Waals surface area contributed by atoms with Crippen LogP contribution >= 0.6 is 0 Å². The Bertz CT molecular complexity index is 1130. The predicted octanol–water partition coefficient (Wildman–Crippen LogP) is 2.96. The molecule has 0 aliphatic carbocycles. The summed E-state index contributed by atoms with van der Waals surface area (Å²) >= 11 is 0. The van der Waals surface area contributed by atoms with Crippen molar-refractivity contribution in [2.75, 3.05) is 29.1 Å². The van der Waals surface area contributed by atoms with Gasteiger partial charge in [-0.1, -0.05) is 6.92 Å². The summed E-state index contributed by atoms with van der Waals surface area (Å²) in [6.45, 7) is 4.32. The number of hydrogen-bond acceptors (Lipinski definition) is 6. The highest BCUT2D eigenvalue weighted by Crippen LogP contribution is 2.31. The van der Waals surface area contributed by atoms with Gasteiger partial charge in [0.25, 0.3) is 0 Å². The number of anilines is 2. The van der Waals surface area contributed by atoms with Crippen LogP contribution in [0.2, 0.25) is 0 Å². The van der Waals surface area contributed by atoms with Crippen molar-refractivity contribution in [1.82, 2.24) is 0 Å². The molecule has 0 atom stereocenters. The lowest BCUT2D eigenvalue weighted by atomic mass is 10.2. The Balaban J connectivity index is 1.60. The van der Waals surface area contributed by atoms with E-state index in [4.69, 9.17) is 4.74 Å². The fourth-order valence-corrected chi connectivity index (χ4v) is 4.78. The van der Waals surface area contributed by atoms with Crippen LogP contribution in [0.15, 0.2) is 47.4 Å². The van der Waals surface area contributed by atoms with Crippen LogP contribution < -0.4 is 10.2 Å². The Hall–Kier alpha value is -3.20. The summed E-state index contributed by atoms with van der Waals surface area (Å²) in [5.41, 5.74) is 2.39. The molecular weight excluding hydrogens is 432 g/mol. The lowest BCUT2D eigenvalue weighted by Gasteiger charge is -2.16. The number of rotatable bonds is 8. The molecule has 0 saturated carbocycles. The van der Waals surface area contributed by atoms with E-state index in [0.717, 1.165) is 11.3 Å². The van der Waals surface area contributed by atoms with Crippen molar-refractivity contribution in [2.24, 2.45) is 0 Å². The number of benzene rings is 2. The quantitative estimate of drug-likeness (QED) is 0.609. The zero-order valence-electron chi connectivity index (χ0n) is 18.1. The lowest BCUT2D eigenvalue weighted by molar-refractivity contribution is -0.118. The molecule has 0 saturated heterocycles. The highest BCUT2D eigenvalue weighted by atomic mass is 32.2. The molecule has 0 unspecified atom stereocenters. The van der Waals surface area contributed by atoms with Gasteiger partial charge in [0.1, 0.15) is 0 Å². The number of carbonyl (C=O) groups excluding carboxylic acids is 3. The normalized spacial score (nSPS) is 12.9. The molecule has 3 rings (SSSR count). The van der Waals surface area contributed by atoms with E-state index in [1.54, 1.807) is 43.0 Å². The van der Waals surface area contributed by atoms with Crippen molar-refractivity contribution >= 4 is 39.0 Å². The number of nitrogens with zero attached hydrogens (tertiary/aromatic N) is 1. The van der Waals surface area contributed by atoms with Crippen LogP contribution in [0.3, 0.4) is 0 Å². The summed E-state index contributed by atoms with van der Waals surface area (Å²) in [4.78, 5) is 37.7. The second-order valence-electron chi connectivity index (χ2n) is 7.35. The Kier molecular flexibility index (Phi) is 7.29. The molecule has 2 aromatic carbocycles. The number of sulfone groups is 1. The van der Waals surface area contributed by atoms with Crippen LogP contribution in [0, 0.1) is 0 Å². The molecule has 0 fully saturated rings. The van der Waals surface area contributed by atoms with Gasteiger partial charge in [-0.2, -0.15) is 0 Å². The molecule has 0 spiro atoms. The van der Waals surface area contributed by atoms with Gasteiger partial charge >= 0.3 is 5.97 Å². The molecule has 8 nitrogen and oxygen atoms in total. The third kappa shape index (κ3) is 5.34. The maximum absolute atomic E-state index is 12.7. The van der Waals surface area contributed by atoms with E-state index in [1.165, 1.54) is 18.2 Å². The van der Waals surface area contributed by atoms with Gasteiger partial charge in [0.15, 0.2) is 9.84 Å². The molecular formula is C23H26N2O6S. The molecule has 32 heavy (non-hydrogen) atoms. The van der Waals surface area contributed by atoms with E-state index < -0.39 is 21.7 Å². The standard InChI is InChI=1S/C23H26N2O6S/c1-3-22(27)25-13-11-17-15-19(9-10-20(17)25)32(29,30)14-12-21(26)24-18-7-5-16(6-8-18)23(28)31-4-2/h5-10,15H,3-4,11-14H2,1-2H3,(H,24,26). The van der Waals surface area contributed by atoms with Gasteiger partial charge in [-0.25, -0.2) is 13.2 Å². The van der Waals surface area contributed by atoms with E-state index in [1.807, 2.05) is 0 Å². The summed E-state index contributed by atoms with van der Waals surface area (Å²) in [6, 6.07) is 10.9. The molecule has 0 aromatic heterocycles. The van der Waals surface area contributed by atoms with Gasteiger partial charge in [-0.15, -0.1) is 0 Å². The smallest absolute Gasteiger partial charge is 0.338 e. The summed E-state index contributed by atoms with van der Waals surface area (Å²) in [5, 5.41) is 2.63. The van der Waals surface area contributed by atoms with Gasteiger partial charge in [0.05, 0.1) is 22.8 Å². The Morgan fingerprint density at radius 3 is 2.44 bits per heavy atom. The van der Waals surface area contributed by atoms with Gasteiger partial charge in [0.2, 0.25) is 11.8 Å². The SMILES string of the molecule is CCOC(=O)c1ccc(NC(=O)CCS(=O)(=O)c2ccc3c(c2)CCN3C(=O)CC)cc1. The number of carbonyl (C=O) groups is 3. The summed E-state index contributed by atoms with van der Waals surface area (Å²) in [7, 11) is -3.66. The first-order valence-corrected chi connectivity index (χ1v) is 12.1. The molecule has 0 bridgehead atoms. The second-order valence-corrected chi connectivity index (χ2v) is 9.46. The average molecular weight is 459 g/mol. The van der Waals surface area contributed by atoms with E-state index in [9.17, 15) is 22.8 Å². The zero-order chi connectivity index (χ0) is 23.3. The molecule has 1 aliphatic rings. The van der Waals surface area contributed by atoms with Crippen LogP contribution in [-0.2, 0) is 30.6 Å². The van der Waals surface area contributed by atoms with Crippen LogP contribution in [0.25, 0.3) is 0 Å². The first kappa shape index (κ1) is 23.5. The number of hydrogen-bond donors (Lipinski definition) is 1. The fourth-order valence-electron chi connectivity index (χ4n) is 3.49. The number of esters is 1. The topological polar surface area (TPSA) is 110 Å². The minimum atomic E-state index is -3.66. The van der Waals surface area contributed by atoms with E-state index in [2.05, 4.69) is 5.32 Å². The number of fused-ring (bicyclic) bond motifs is 1. The first-order valence-electron chi connectivity index (χ1n) is 10.5. The maximum Gasteiger partial charge on any atom is 0.338 e.